The molecule has 0 radical (unpaired) electrons. The highest BCUT2D eigenvalue weighted by molar-refractivity contribution is 6.74. The second-order valence-corrected chi connectivity index (χ2v) is 19.3. The van der Waals surface area contributed by atoms with Crippen LogP contribution in [0.1, 0.15) is 117 Å². The molecule has 2 aliphatic rings. The Bertz CT molecular complexity index is 958. The molecule has 1 aliphatic heterocycles. The Morgan fingerprint density at radius 2 is 1.76 bits per heavy atom. The van der Waals surface area contributed by atoms with E-state index in [1.807, 2.05) is 6.26 Å². The minimum absolute atomic E-state index is 0.0412. The number of methoxy groups -OCH3 is 1. The van der Waals surface area contributed by atoms with Crippen molar-refractivity contribution in [3.63, 3.8) is 0 Å². The van der Waals surface area contributed by atoms with Gasteiger partial charge in [0.2, 0.25) is 8.32 Å². The standard InChI is InChI=1S/C32H53ClO3Si/c1-30(2,3)37(9,10)36-28-21-24(31(4,5)17-13-11-12-14-18-33)20-27-29(28)25-19-23(22-34-8)15-16-26(25)32(6,7)35-27/h20-22,25-26H,11-19H2,1-10H3/t25-,26-/m1/s1. The van der Waals surface area contributed by atoms with Gasteiger partial charge in [-0.25, -0.2) is 0 Å². The molecule has 1 saturated carbocycles. The lowest BCUT2D eigenvalue weighted by atomic mass is 9.65. The molecule has 1 aliphatic carbocycles. The van der Waals surface area contributed by atoms with Crippen molar-refractivity contribution >= 4 is 19.9 Å². The number of hydrogen-bond donors (Lipinski definition) is 0. The van der Waals surface area contributed by atoms with E-state index in [9.17, 15) is 0 Å². The second-order valence-electron chi connectivity index (χ2n) is 14.2. The van der Waals surface area contributed by atoms with E-state index >= 15 is 0 Å². The minimum atomic E-state index is -2.06. The summed E-state index contributed by atoms with van der Waals surface area (Å²) < 4.78 is 19.5. The average molecular weight is 549 g/mol. The van der Waals surface area contributed by atoms with Crippen molar-refractivity contribution in [1.29, 1.82) is 0 Å². The fourth-order valence-corrected chi connectivity index (χ4v) is 7.16. The molecule has 5 heteroatoms. The number of ether oxygens (including phenoxy) is 2. The molecule has 0 unspecified atom stereocenters. The molecule has 1 aromatic carbocycles. The Morgan fingerprint density at radius 3 is 2.38 bits per heavy atom. The molecule has 0 aromatic heterocycles. The van der Waals surface area contributed by atoms with Crippen LogP contribution >= 0.6 is 11.6 Å². The van der Waals surface area contributed by atoms with Crippen LogP contribution in [0.25, 0.3) is 0 Å². The Morgan fingerprint density at radius 1 is 1.08 bits per heavy atom. The zero-order valence-corrected chi connectivity index (χ0v) is 27.1. The van der Waals surface area contributed by atoms with Crippen LogP contribution in [0.3, 0.4) is 0 Å². The third kappa shape index (κ3) is 6.90. The largest absolute Gasteiger partial charge is 0.543 e. The third-order valence-electron chi connectivity index (χ3n) is 9.41. The van der Waals surface area contributed by atoms with Gasteiger partial charge in [-0.05, 0) is 92.8 Å². The lowest BCUT2D eigenvalue weighted by Gasteiger charge is -2.49. The van der Waals surface area contributed by atoms with E-state index in [4.69, 9.17) is 25.5 Å². The number of fused-ring (bicyclic) bond motifs is 3. The van der Waals surface area contributed by atoms with Crippen LogP contribution in [-0.4, -0.2) is 26.9 Å². The highest BCUT2D eigenvalue weighted by atomic mass is 35.5. The van der Waals surface area contributed by atoms with E-state index in [1.54, 1.807) is 7.11 Å². The molecule has 0 bridgehead atoms. The first kappa shape index (κ1) is 30.4. The van der Waals surface area contributed by atoms with Gasteiger partial charge in [-0.2, -0.15) is 0 Å². The number of alkyl halides is 1. The molecule has 0 N–H and O–H groups in total. The molecule has 3 nitrogen and oxygen atoms in total. The first-order valence-electron chi connectivity index (χ1n) is 14.5. The number of hydrogen-bond acceptors (Lipinski definition) is 3. The van der Waals surface area contributed by atoms with E-state index in [1.165, 1.54) is 36.0 Å². The summed E-state index contributed by atoms with van der Waals surface area (Å²) in [5.74, 6) is 3.70. The third-order valence-corrected chi connectivity index (χ3v) is 14.0. The van der Waals surface area contributed by atoms with Gasteiger partial charge in [0.1, 0.15) is 17.1 Å². The lowest BCUT2D eigenvalue weighted by molar-refractivity contribution is -0.00115. The highest BCUT2D eigenvalue weighted by Crippen LogP contribution is 2.57. The summed E-state index contributed by atoms with van der Waals surface area (Å²) in [6.07, 6.45) is 11.1. The van der Waals surface area contributed by atoms with Crippen molar-refractivity contribution in [2.24, 2.45) is 5.92 Å². The summed E-state index contributed by atoms with van der Waals surface area (Å²) >= 11 is 5.90. The monoisotopic (exact) mass is 548 g/mol. The fraction of sp³-hybridized carbons (Fsp3) is 0.750. The van der Waals surface area contributed by atoms with Crippen molar-refractivity contribution < 1.29 is 13.9 Å². The molecule has 0 amide bonds. The van der Waals surface area contributed by atoms with Crippen LogP contribution in [0.4, 0.5) is 0 Å². The van der Waals surface area contributed by atoms with E-state index < -0.39 is 8.32 Å². The molecular formula is C32H53ClO3Si. The number of rotatable bonds is 10. The lowest BCUT2D eigenvalue weighted by Crippen LogP contribution is -2.47. The smallest absolute Gasteiger partial charge is 0.250 e. The molecule has 0 saturated heterocycles. The van der Waals surface area contributed by atoms with Crippen molar-refractivity contribution in [2.45, 2.75) is 135 Å². The van der Waals surface area contributed by atoms with Gasteiger partial charge in [0.25, 0.3) is 0 Å². The van der Waals surface area contributed by atoms with Crippen LogP contribution in [0.2, 0.25) is 18.1 Å². The minimum Gasteiger partial charge on any atom is -0.543 e. The Balaban J connectivity index is 2.09. The molecule has 210 valence electrons. The average Bonchev–Trinajstić information content (AvgIpc) is 2.77. The van der Waals surface area contributed by atoms with Crippen molar-refractivity contribution in [3.8, 4) is 11.5 Å². The molecule has 3 rings (SSSR count). The van der Waals surface area contributed by atoms with Gasteiger partial charge in [0, 0.05) is 23.3 Å². The van der Waals surface area contributed by atoms with Crippen LogP contribution < -0.4 is 9.16 Å². The van der Waals surface area contributed by atoms with Gasteiger partial charge in [-0.3, -0.25) is 0 Å². The zero-order chi connectivity index (χ0) is 27.6. The van der Waals surface area contributed by atoms with Crippen molar-refractivity contribution in [2.75, 3.05) is 13.0 Å². The summed E-state index contributed by atoms with van der Waals surface area (Å²) in [7, 11) is -0.298. The summed E-state index contributed by atoms with van der Waals surface area (Å²) in [6.45, 7) is 21.0. The van der Waals surface area contributed by atoms with E-state index in [0.717, 1.165) is 49.5 Å². The highest BCUT2D eigenvalue weighted by Gasteiger charge is 2.48. The fourth-order valence-electron chi connectivity index (χ4n) is 5.95. The first-order chi connectivity index (χ1) is 17.1. The SMILES string of the molecule is COC=C1CC[C@@H]2[C@@H](C1)c1c(cc(C(C)(C)CCCCCCCl)cc1O[Si](C)(C)C(C)(C)C)OC2(C)C. The maximum atomic E-state index is 7.16. The van der Waals surface area contributed by atoms with Gasteiger partial charge < -0.3 is 13.9 Å². The normalized spacial score (nSPS) is 22.7. The maximum Gasteiger partial charge on any atom is 0.250 e. The topological polar surface area (TPSA) is 27.7 Å². The van der Waals surface area contributed by atoms with Gasteiger partial charge in [-0.15, -0.1) is 11.6 Å². The molecule has 2 atom stereocenters. The first-order valence-corrected chi connectivity index (χ1v) is 17.9. The quantitative estimate of drug-likeness (QED) is 0.126. The Kier molecular flexibility index (Phi) is 9.48. The van der Waals surface area contributed by atoms with Gasteiger partial charge in [0.15, 0.2) is 0 Å². The molecule has 1 aromatic rings. The predicted octanol–water partition coefficient (Wildman–Crippen LogP) is 10.1. The molecule has 1 heterocycles. The number of allylic oxidation sites excluding steroid dienone is 1. The van der Waals surface area contributed by atoms with Crippen LogP contribution in [-0.2, 0) is 10.2 Å². The molecule has 37 heavy (non-hydrogen) atoms. The Labute approximate surface area is 233 Å². The number of halogens is 1. The Hall–Kier alpha value is -1.13. The van der Waals surface area contributed by atoms with Crippen LogP contribution in [0.5, 0.6) is 11.5 Å². The van der Waals surface area contributed by atoms with Crippen LogP contribution in [0.15, 0.2) is 24.0 Å². The summed E-state index contributed by atoms with van der Waals surface area (Å²) in [4.78, 5) is 0. The summed E-state index contributed by atoms with van der Waals surface area (Å²) in [5.41, 5.74) is 3.84. The molecule has 0 spiro atoms. The molecular weight excluding hydrogens is 496 g/mol. The van der Waals surface area contributed by atoms with Gasteiger partial charge in [0.05, 0.1) is 13.4 Å². The van der Waals surface area contributed by atoms with Gasteiger partial charge >= 0.3 is 0 Å². The van der Waals surface area contributed by atoms with Gasteiger partial charge in [-0.1, -0.05) is 53.9 Å². The number of benzene rings is 1. The summed E-state index contributed by atoms with van der Waals surface area (Å²) in [6, 6.07) is 4.73. The maximum absolute atomic E-state index is 7.16. The summed E-state index contributed by atoms with van der Waals surface area (Å²) in [5, 5.41) is 0.121. The van der Waals surface area contributed by atoms with Crippen LogP contribution in [0, 0.1) is 5.92 Å². The van der Waals surface area contributed by atoms with E-state index in [0.29, 0.717) is 11.8 Å². The zero-order valence-electron chi connectivity index (χ0n) is 25.4. The second kappa shape index (κ2) is 11.5. The van der Waals surface area contributed by atoms with E-state index in [-0.39, 0.29) is 16.1 Å². The van der Waals surface area contributed by atoms with E-state index in [2.05, 4.69) is 73.7 Å². The number of unbranched alkanes of at least 4 members (excludes halogenated alkanes) is 3. The van der Waals surface area contributed by atoms with Crippen molar-refractivity contribution in [3.05, 3.63) is 35.1 Å². The van der Waals surface area contributed by atoms with Crippen molar-refractivity contribution in [1.82, 2.24) is 0 Å². The molecule has 1 fully saturated rings. The predicted molar refractivity (Wildman–Crippen MR) is 161 cm³/mol.